The van der Waals surface area contributed by atoms with Crippen LogP contribution >= 0.6 is 11.3 Å². The van der Waals surface area contributed by atoms with Gasteiger partial charge < -0.3 is 4.57 Å². The van der Waals surface area contributed by atoms with Gasteiger partial charge in [-0.3, -0.25) is 4.90 Å². The van der Waals surface area contributed by atoms with Crippen molar-refractivity contribution in [3.8, 4) is 0 Å². The molecule has 6 nitrogen and oxygen atoms in total. The summed E-state index contributed by atoms with van der Waals surface area (Å²) in [6.45, 7) is 10.1. The standard InChI is InChI=1S/C16H24N4O2S2/c1-4-19-6-5-17-16(19)12-18-7-9-20(10-8-18)24(21,22)15-11-13(2)23-14(15)3/h5-6,11H,4,7-10,12H2,1-3H3. The van der Waals surface area contributed by atoms with E-state index in [0.717, 1.165) is 41.8 Å². The molecule has 0 unspecified atom stereocenters. The van der Waals surface area contributed by atoms with Crippen LogP contribution in [0.3, 0.4) is 0 Å². The molecule has 2 aromatic rings. The SMILES string of the molecule is CCn1ccnc1CN1CCN(S(=O)(=O)c2cc(C)sc2C)CC1. The second-order valence-corrected chi connectivity index (χ2v) is 9.45. The van der Waals surface area contributed by atoms with Crippen LogP contribution in [0.4, 0.5) is 0 Å². The smallest absolute Gasteiger partial charge is 0.244 e. The van der Waals surface area contributed by atoms with Gasteiger partial charge in [-0.1, -0.05) is 0 Å². The molecule has 1 aliphatic heterocycles. The van der Waals surface area contributed by atoms with Crippen LogP contribution in [0.5, 0.6) is 0 Å². The first kappa shape index (κ1) is 17.6. The maximum Gasteiger partial charge on any atom is 0.244 e. The lowest BCUT2D eigenvalue weighted by molar-refractivity contribution is 0.176. The number of rotatable bonds is 5. The molecular weight excluding hydrogens is 344 g/mol. The van der Waals surface area contributed by atoms with Crippen LogP contribution in [-0.4, -0.2) is 53.4 Å². The van der Waals surface area contributed by atoms with E-state index in [2.05, 4.69) is 21.4 Å². The van der Waals surface area contributed by atoms with E-state index in [1.807, 2.05) is 26.2 Å². The quantitative estimate of drug-likeness (QED) is 0.811. The molecule has 0 atom stereocenters. The van der Waals surface area contributed by atoms with Crippen LogP contribution in [0.2, 0.25) is 0 Å². The average molecular weight is 369 g/mol. The summed E-state index contributed by atoms with van der Waals surface area (Å²) in [7, 11) is -3.37. The topological polar surface area (TPSA) is 58.4 Å². The molecule has 0 amide bonds. The monoisotopic (exact) mass is 368 g/mol. The molecule has 0 spiro atoms. The van der Waals surface area contributed by atoms with Gasteiger partial charge in [0, 0.05) is 54.9 Å². The van der Waals surface area contributed by atoms with Gasteiger partial charge >= 0.3 is 0 Å². The Morgan fingerprint density at radius 3 is 2.50 bits per heavy atom. The highest BCUT2D eigenvalue weighted by Crippen LogP contribution is 2.28. The molecule has 0 aromatic carbocycles. The van der Waals surface area contributed by atoms with E-state index in [9.17, 15) is 8.42 Å². The van der Waals surface area contributed by atoms with E-state index in [4.69, 9.17) is 0 Å². The molecule has 2 aromatic heterocycles. The number of thiophene rings is 1. The van der Waals surface area contributed by atoms with Gasteiger partial charge in [0.2, 0.25) is 10.0 Å². The summed E-state index contributed by atoms with van der Waals surface area (Å²) >= 11 is 1.54. The van der Waals surface area contributed by atoms with E-state index < -0.39 is 10.0 Å². The number of aryl methyl sites for hydroxylation is 3. The number of nitrogens with zero attached hydrogens (tertiary/aromatic N) is 4. The van der Waals surface area contributed by atoms with Crippen LogP contribution in [0.15, 0.2) is 23.4 Å². The normalized spacial score (nSPS) is 17.5. The Balaban J connectivity index is 1.65. The molecule has 132 valence electrons. The Morgan fingerprint density at radius 2 is 1.92 bits per heavy atom. The Bertz CT molecular complexity index is 802. The van der Waals surface area contributed by atoms with Gasteiger partial charge in [0.1, 0.15) is 5.82 Å². The molecular formula is C16H24N4O2S2. The second-order valence-electron chi connectivity index (χ2n) is 6.09. The third-order valence-electron chi connectivity index (χ3n) is 4.45. The minimum atomic E-state index is -3.37. The van der Waals surface area contributed by atoms with Crippen LogP contribution in [0.1, 0.15) is 22.5 Å². The van der Waals surface area contributed by atoms with Gasteiger partial charge in [-0.2, -0.15) is 4.31 Å². The summed E-state index contributed by atoms with van der Waals surface area (Å²) in [5, 5.41) is 0. The van der Waals surface area contributed by atoms with Crippen molar-refractivity contribution in [2.75, 3.05) is 26.2 Å². The Morgan fingerprint density at radius 1 is 1.21 bits per heavy atom. The Kier molecular flexibility index (Phi) is 5.10. The van der Waals surface area contributed by atoms with E-state index in [1.165, 1.54) is 0 Å². The average Bonchev–Trinajstić information content (AvgIpc) is 3.13. The molecule has 3 rings (SSSR count). The van der Waals surface area contributed by atoms with Gasteiger partial charge in [0.25, 0.3) is 0 Å². The molecule has 24 heavy (non-hydrogen) atoms. The fourth-order valence-electron chi connectivity index (χ4n) is 3.11. The zero-order chi connectivity index (χ0) is 17.3. The van der Waals surface area contributed by atoms with Gasteiger partial charge in [-0.05, 0) is 26.8 Å². The van der Waals surface area contributed by atoms with E-state index in [-0.39, 0.29) is 0 Å². The lowest BCUT2D eigenvalue weighted by atomic mass is 10.3. The van der Waals surface area contributed by atoms with E-state index in [0.29, 0.717) is 18.0 Å². The molecule has 0 N–H and O–H groups in total. The Hall–Kier alpha value is -1.22. The summed E-state index contributed by atoms with van der Waals surface area (Å²) in [5.74, 6) is 1.04. The van der Waals surface area contributed by atoms with Crippen molar-refractivity contribution in [1.82, 2.24) is 18.8 Å². The third-order valence-corrected chi connectivity index (χ3v) is 7.57. The maximum absolute atomic E-state index is 12.8. The van der Waals surface area contributed by atoms with Gasteiger partial charge in [0.05, 0.1) is 11.4 Å². The molecule has 1 aliphatic rings. The zero-order valence-corrected chi connectivity index (χ0v) is 16.0. The molecule has 0 saturated carbocycles. The molecule has 1 saturated heterocycles. The number of hydrogen-bond donors (Lipinski definition) is 0. The number of aromatic nitrogens is 2. The van der Waals surface area contributed by atoms with Crippen molar-refractivity contribution in [3.05, 3.63) is 34.0 Å². The summed E-state index contributed by atoms with van der Waals surface area (Å²) in [6, 6.07) is 1.79. The maximum atomic E-state index is 12.8. The van der Waals surface area contributed by atoms with Crippen molar-refractivity contribution < 1.29 is 8.42 Å². The van der Waals surface area contributed by atoms with Gasteiger partial charge in [-0.15, -0.1) is 11.3 Å². The van der Waals surface area contributed by atoms with Crippen molar-refractivity contribution in [1.29, 1.82) is 0 Å². The van der Waals surface area contributed by atoms with Crippen LogP contribution < -0.4 is 0 Å². The van der Waals surface area contributed by atoms with E-state index >= 15 is 0 Å². The van der Waals surface area contributed by atoms with Crippen molar-refractivity contribution in [2.24, 2.45) is 0 Å². The molecule has 3 heterocycles. The van der Waals surface area contributed by atoms with Crippen molar-refractivity contribution in [3.63, 3.8) is 0 Å². The molecule has 8 heteroatoms. The first-order valence-electron chi connectivity index (χ1n) is 8.21. The predicted molar refractivity (Wildman–Crippen MR) is 95.7 cm³/mol. The number of imidazole rings is 1. The van der Waals surface area contributed by atoms with Crippen LogP contribution in [0.25, 0.3) is 0 Å². The highest BCUT2D eigenvalue weighted by Gasteiger charge is 2.30. The highest BCUT2D eigenvalue weighted by molar-refractivity contribution is 7.89. The first-order valence-corrected chi connectivity index (χ1v) is 10.5. The van der Waals surface area contributed by atoms with Crippen LogP contribution in [0, 0.1) is 13.8 Å². The van der Waals surface area contributed by atoms with Crippen molar-refractivity contribution in [2.45, 2.75) is 38.8 Å². The fraction of sp³-hybridized carbons (Fsp3) is 0.562. The predicted octanol–water partition coefficient (Wildman–Crippen LogP) is 2.09. The zero-order valence-electron chi connectivity index (χ0n) is 14.4. The lowest BCUT2D eigenvalue weighted by Gasteiger charge is -2.33. The number of piperazine rings is 1. The summed E-state index contributed by atoms with van der Waals surface area (Å²) < 4.78 is 29.4. The fourth-order valence-corrected chi connectivity index (χ4v) is 6.06. The van der Waals surface area contributed by atoms with E-state index in [1.54, 1.807) is 21.7 Å². The first-order chi connectivity index (χ1) is 11.4. The molecule has 1 fully saturated rings. The summed E-state index contributed by atoms with van der Waals surface area (Å²) in [5.41, 5.74) is 0. The number of sulfonamides is 1. The summed E-state index contributed by atoms with van der Waals surface area (Å²) in [6.07, 6.45) is 3.80. The lowest BCUT2D eigenvalue weighted by Crippen LogP contribution is -2.48. The minimum Gasteiger partial charge on any atom is -0.334 e. The van der Waals surface area contributed by atoms with Crippen LogP contribution in [-0.2, 0) is 23.1 Å². The van der Waals surface area contributed by atoms with Gasteiger partial charge in [0.15, 0.2) is 0 Å². The van der Waals surface area contributed by atoms with Gasteiger partial charge in [-0.25, -0.2) is 13.4 Å². The third kappa shape index (κ3) is 3.42. The van der Waals surface area contributed by atoms with Crippen molar-refractivity contribution >= 4 is 21.4 Å². The minimum absolute atomic E-state index is 0.472. The number of hydrogen-bond acceptors (Lipinski definition) is 5. The largest absolute Gasteiger partial charge is 0.334 e. The highest BCUT2D eigenvalue weighted by atomic mass is 32.2. The molecule has 0 bridgehead atoms. The molecule has 0 radical (unpaired) electrons. The Labute approximate surface area is 147 Å². The summed E-state index contributed by atoms with van der Waals surface area (Å²) in [4.78, 5) is 9.06. The molecule has 0 aliphatic carbocycles. The second kappa shape index (κ2) is 6.95.